The Kier molecular flexibility index (Phi) is 6.72. The Labute approximate surface area is 174 Å². The van der Waals surface area contributed by atoms with Crippen LogP contribution in [0.2, 0.25) is 0 Å². The van der Waals surface area contributed by atoms with E-state index in [1.165, 1.54) is 10.5 Å². The molecule has 1 aromatic heterocycles. The standard InChI is InChI=1S/C22H23N3O3S/c1-15-7-9-16(10-8-15)19-14-23-21(28-19)12-11-20(26)24-17-5-4-6-18(13-17)29-22(27)25(2)3/h4-10,13-14H,11-12H2,1-3H3,(H,24,26). The summed E-state index contributed by atoms with van der Waals surface area (Å²) in [5, 5.41) is 2.79. The van der Waals surface area contributed by atoms with E-state index >= 15 is 0 Å². The topological polar surface area (TPSA) is 75.4 Å². The molecule has 2 amide bonds. The second-order valence-corrected chi connectivity index (χ2v) is 7.85. The van der Waals surface area contributed by atoms with Crippen LogP contribution in [0.1, 0.15) is 17.9 Å². The molecule has 2 aromatic carbocycles. The molecule has 6 nitrogen and oxygen atoms in total. The van der Waals surface area contributed by atoms with Gasteiger partial charge in [-0.05, 0) is 36.9 Å². The van der Waals surface area contributed by atoms with Crippen molar-refractivity contribution in [3.05, 3.63) is 66.2 Å². The Bertz CT molecular complexity index is 997. The predicted octanol–water partition coefficient (Wildman–Crippen LogP) is 5.00. The highest BCUT2D eigenvalue weighted by Crippen LogP contribution is 2.24. The number of oxazole rings is 1. The summed E-state index contributed by atoms with van der Waals surface area (Å²) in [5.41, 5.74) is 2.79. The van der Waals surface area contributed by atoms with E-state index in [1.807, 2.05) is 43.3 Å². The molecule has 0 atom stereocenters. The molecule has 0 saturated carbocycles. The quantitative estimate of drug-likeness (QED) is 0.580. The van der Waals surface area contributed by atoms with Gasteiger partial charge in [-0.15, -0.1) is 0 Å². The van der Waals surface area contributed by atoms with E-state index in [9.17, 15) is 9.59 Å². The van der Waals surface area contributed by atoms with Crippen LogP contribution in [0.15, 0.2) is 64.0 Å². The minimum absolute atomic E-state index is 0.0678. The summed E-state index contributed by atoms with van der Waals surface area (Å²) in [6.45, 7) is 2.03. The number of nitrogens with zero attached hydrogens (tertiary/aromatic N) is 2. The second-order valence-electron chi connectivity index (χ2n) is 6.82. The fourth-order valence-corrected chi connectivity index (χ4v) is 3.27. The summed E-state index contributed by atoms with van der Waals surface area (Å²) >= 11 is 1.12. The first kappa shape index (κ1) is 20.7. The van der Waals surface area contributed by atoms with Crippen molar-refractivity contribution in [3.63, 3.8) is 0 Å². The summed E-state index contributed by atoms with van der Waals surface area (Å²) < 4.78 is 5.76. The van der Waals surface area contributed by atoms with Gasteiger partial charge in [0.25, 0.3) is 5.24 Å². The maximum atomic E-state index is 12.3. The fourth-order valence-electron chi connectivity index (χ4n) is 2.55. The SMILES string of the molecule is Cc1ccc(-c2cnc(CCC(=O)Nc3cccc(SC(=O)N(C)C)c3)o2)cc1. The highest BCUT2D eigenvalue weighted by Gasteiger charge is 2.11. The predicted molar refractivity (Wildman–Crippen MR) is 115 cm³/mol. The van der Waals surface area contributed by atoms with Crippen LogP contribution in [0.4, 0.5) is 10.5 Å². The number of amides is 2. The van der Waals surface area contributed by atoms with Crippen molar-refractivity contribution in [2.24, 2.45) is 0 Å². The smallest absolute Gasteiger partial charge is 0.285 e. The van der Waals surface area contributed by atoms with Crippen molar-refractivity contribution < 1.29 is 14.0 Å². The molecule has 0 fully saturated rings. The zero-order valence-corrected chi connectivity index (χ0v) is 17.5. The number of carbonyl (C=O) groups is 2. The van der Waals surface area contributed by atoms with Crippen LogP contribution >= 0.6 is 11.8 Å². The third-order valence-electron chi connectivity index (χ3n) is 4.14. The van der Waals surface area contributed by atoms with Gasteiger partial charge < -0.3 is 14.6 Å². The van der Waals surface area contributed by atoms with Crippen molar-refractivity contribution in [1.29, 1.82) is 0 Å². The molecule has 1 N–H and O–H groups in total. The van der Waals surface area contributed by atoms with Crippen molar-refractivity contribution in [2.75, 3.05) is 19.4 Å². The van der Waals surface area contributed by atoms with Crippen LogP contribution in [-0.4, -0.2) is 35.1 Å². The largest absolute Gasteiger partial charge is 0.441 e. The summed E-state index contributed by atoms with van der Waals surface area (Å²) in [6.07, 6.45) is 2.34. The molecule has 7 heteroatoms. The summed E-state index contributed by atoms with van der Waals surface area (Å²) in [5.74, 6) is 1.08. The minimum atomic E-state index is -0.138. The number of benzene rings is 2. The Balaban J connectivity index is 1.54. The summed E-state index contributed by atoms with van der Waals surface area (Å²) in [4.78, 5) is 30.6. The molecule has 3 aromatic rings. The molecule has 1 heterocycles. The molecular weight excluding hydrogens is 386 g/mol. The molecule has 0 aliphatic carbocycles. The number of aryl methyl sites for hydroxylation is 2. The second kappa shape index (κ2) is 9.43. The van der Waals surface area contributed by atoms with Crippen LogP contribution in [0, 0.1) is 6.92 Å². The lowest BCUT2D eigenvalue weighted by molar-refractivity contribution is -0.116. The highest BCUT2D eigenvalue weighted by atomic mass is 32.2. The molecule has 29 heavy (non-hydrogen) atoms. The number of hydrogen-bond acceptors (Lipinski definition) is 5. The van der Waals surface area contributed by atoms with Gasteiger partial charge in [0.15, 0.2) is 11.7 Å². The van der Waals surface area contributed by atoms with Crippen molar-refractivity contribution in [3.8, 4) is 11.3 Å². The Morgan fingerprint density at radius 3 is 2.62 bits per heavy atom. The van der Waals surface area contributed by atoms with Crippen LogP contribution in [-0.2, 0) is 11.2 Å². The molecule has 0 spiro atoms. The molecule has 3 rings (SSSR count). The molecule has 0 aliphatic rings. The normalized spacial score (nSPS) is 10.6. The third kappa shape index (κ3) is 5.96. The van der Waals surface area contributed by atoms with Gasteiger partial charge in [-0.2, -0.15) is 0 Å². The van der Waals surface area contributed by atoms with E-state index < -0.39 is 0 Å². The third-order valence-corrected chi connectivity index (χ3v) is 5.17. The van der Waals surface area contributed by atoms with Crippen LogP contribution in [0.5, 0.6) is 0 Å². The van der Waals surface area contributed by atoms with E-state index in [2.05, 4.69) is 10.3 Å². The van der Waals surface area contributed by atoms with Crippen LogP contribution in [0.25, 0.3) is 11.3 Å². The fraction of sp³-hybridized carbons (Fsp3) is 0.227. The minimum Gasteiger partial charge on any atom is -0.441 e. The van der Waals surface area contributed by atoms with Gasteiger partial charge in [0, 0.05) is 43.1 Å². The van der Waals surface area contributed by atoms with Crippen LogP contribution < -0.4 is 5.32 Å². The van der Waals surface area contributed by atoms with Gasteiger partial charge in [-0.1, -0.05) is 35.9 Å². The van der Waals surface area contributed by atoms with E-state index in [0.717, 1.165) is 22.2 Å². The van der Waals surface area contributed by atoms with Crippen molar-refractivity contribution in [2.45, 2.75) is 24.7 Å². The zero-order chi connectivity index (χ0) is 20.8. The van der Waals surface area contributed by atoms with Crippen LogP contribution in [0.3, 0.4) is 0 Å². The lowest BCUT2D eigenvalue weighted by Crippen LogP contribution is -2.16. The maximum Gasteiger partial charge on any atom is 0.285 e. The number of hydrogen-bond donors (Lipinski definition) is 1. The zero-order valence-electron chi connectivity index (χ0n) is 16.6. The van der Waals surface area contributed by atoms with Gasteiger partial charge in [0.2, 0.25) is 5.91 Å². The molecule has 150 valence electrons. The molecule has 0 unspecified atom stereocenters. The first-order valence-corrected chi connectivity index (χ1v) is 10.0. The average Bonchev–Trinajstić information content (AvgIpc) is 3.16. The first-order chi connectivity index (χ1) is 13.9. The molecule has 0 radical (unpaired) electrons. The molecule has 0 bridgehead atoms. The van der Waals surface area contributed by atoms with E-state index in [4.69, 9.17) is 4.42 Å². The number of anilines is 1. The number of aromatic nitrogens is 1. The lowest BCUT2D eigenvalue weighted by Gasteiger charge is -2.10. The van der Waals surface area contributed by atoms with Gasteiger partial charge in [-0.25, -0.2) is 4.98 Å². The number of rotatable bonds is 6. The Hall–Kier alpha value is -3.06. The van der Waals surface area contributed by atoms with Crippen molar-refractivity contribution in [1.82, 2.24) is 9.88 Å². The number of nitrogens with one attached hydrogen (secondary N) is 1. The van der Waals surface area contributed by atoms with E-state index in [0.29, 0.717) is 23.8 Å². The summed E-state index contributed by atoms with van der Waals surface area (Å²) in [7, 11) is 3.40. The molecule has 0 aliphatic heterocycles. The molecule has 0 saturated heterocycles. The van der Waals surface area contributed by atoms with Gasteiger partial charge in [0.1, 0.15) is 0 Å². The monoisotopic (exact) mass is 409 g/mol. The first-order valence-electron chi connectivity index (χ1n) is 9.21. The van der Waals surface area contributed by atoms with Gasteiger partial charge >= 0.3 is 0 Å². The molecular formula is C22H23N3O3S. The summed E-state index contributed by atoms with van der Waals surface area (Å²) in [6, 6.07) is 15.2. The lowest BCUT2D eigenvalue weighted by atomic mass is 10.1. The van der Waals surface area contributed by atoms with Crippen molar-refractivity contribution >= 4 is 28.6 Å². The van der Waals surface area contributed by atoms with E-state index in [1.54, 1.807) is 32.4 Å². The Morgan fingerprint density at radius 2 is 1.90 bits per heavy atom. The number of thioether (sulfide) groups is 1. The van der Waals surface area contributed by atoms with Gasteiger partial charge in [-0.3, -0.25) is 9.59 Å². The van der Waals surface area contributed by atoms with Gasteiger partial charge in [0.05, 0.1) is 6.20 Å². The maximum absolute atomic E-state index is 12.3. The number of carbonyl (C=O) groups excluding carboxylic acids is 2. The highest BCUT2D eigenvalue weighted by molar-refractivity contribution is 8.13. The average molecular weight is 410 g/mol. The Morgan fingerprint density at radius 1 is 1.14 bits per heavy atom. The van der Waals surface area contributed by atoms with E-state index in [-0.39, 0.29) is 17.6 Å².